The molecule has 2 aromatic heterocycles. The third-order valence-corrected chi connectivity index (χ3v) is 7.60. The van der Waals surface area contributed by atoms with Crippen molar-refractivity contribution in [1.29, 1.82) is 5.26 Å². The third-order valence-electron chi connectivity index (χ3n) is 5.36. The number of anilines is 1. The minimum Gasteiger partial charge on any atom is -0.480 e. The van der Waals surface area contributed by atoms with Crippen molar-refractivity contribution in [2.24, 2.45) is 0 Å². The maximum atomic E-state index is 13.9. The number of hydrogen-bond donors (Lipinski definition) is 4. The van der Waals surface area contributed by atoms with E-state index < -0.39 is 31.1 Å². The Hall–Kier alpha value is -3.36. The second kappa shape index (κ2) is 10.5. The molecule has 186 valence electrons. The predicted octanol–water partition coefficient (Wildman–Crippen LogP) is 2.64. The highest BCUT2D eigenvalue weighted by molar-refractivity contribution is 7.59. The van der Waals surface area contributed by atoms with Gasteiger partial charge in [-0.2, -0.15) is 5.26 Å². The highest BCUT2D eigenvalue weighted by atomic mass is 31.2. The quantitative estimate of drug-likeness (QED) is 0.284. The molecule has 0 bridgehead atoms. The number of ether oxygens (including phenoxy) is 1. The molecule has 0 spiro atoms. The molecule has 13 heteroatoms. The Bertz CT molecular complexity index is 1280. The summed E-state index contributed by atoms with van der Waals surface area (Å²) < 4.78 is 21.6. The first-order valence-electron chi connectivity index (χ1n) is 10.9. The molecule has 0 aliphatic rings. The van der Waals surface area contributed by atoms with Gasteiger partial charge in [-0.15, -0.1) is 0 Å². The number of nitrogens with two attached hydrogens (primary N) is 1. The summed E-state index contributed by atoms with van der Waals surface area (Å²) in [7, 11) is -3.57. The van der Waals surface area contributed by atoms with Gasteiger partial charge in [0.15, 0.2) is 11.5 Å². The molecule has 0 aliphatic carbocycles. The van der Waals surface area contributed by atoms with E-state index in [0.717, 1.165) is 5.56 Å². The van der Waals surface area contributed by atoms with Crippen LogP contribution in [0.25, 0.3) is 11.2 Å². The monoisotopic (exact) mass is 500 g/mol. The summed E-state index contributed by atoms with van der Waals surface area (Å²) >= 11 is 0. The van der Waals surface area contributed by atoms with Crippen LogP contribution >= 0.6 is 7.44 Å². The molecular formula is C22H29N8O4P. The number of benzene rings is 1. The molecule has 2 heterocycles. The van der Waals surface area contributed by atoms with Crippen LogP contribution in [-0.2, 0) is 20.6 Å². The van der Waals surface area contributed by atoms with Crippen molar-refractivity contribution in [3.63, 3.8) is 0 Å². The van der Waals surface area contributed by atoms with Crippen LogP contribution in [0.5, 0.6) is 0 Å². The number of carboxylic acid groups (broad SMARTS) is 1. The first kappa shape index (κ1) is 26.2. The maximum absolute atomic E-state index is 13.9. The zero-order valence-corrected chi connectivity index (χ0v) is 20.9. The molecule has 0 saturated heterocycles. The lowest BCUT2D eigenvalue weighted by atomic mass is 10.1. The van der Waals surface area contributed by atoms with Gasteiger partial charge in [0, 0.05) is 6.04 Å². The van der Waals surface area contributed by atoms with E-state index in [-0.39, 0.29) is 12.2 Å². The molecule has 3 atom stereocenters. The molecular weight excluding hydrogens is 471 g/mol. The Morgan fingerprint density at radius 2 is 1.97 bits per heavy atom. The third kappa shape index (κ3) is 6.41. The van der Waals surface area contributed by atoms with Gasteiger partial charge >= 0.3 is 5.97 Å². The Labute approximate surface area is 203 Å². The zero-order valence-electron chi connectivity index (χ0n) is 20.0. The van der Waals surface area contributed by atoms with Gasteiger partial charge in [-0.1, -0.05) is 12.1 Å². The van der Waals surface area contributed by atoms with E-state index in [0.29, 0.717) is 23.3 Å². The Morgan fingerprint density at radius 3 is 2.60 bits per heavy atom. The van der Waals surface area contributed by atoms with E-state index in [4.69, 9.17) is 15.7 Å². The minimum atomic E-state index is -3.57. The standard InChI is InChI=1S/C22H29N8O4P/c1-14(10-30-12-27-18-19(24)25-11-26-20(18)30)34-13-35(33,29-22(3,4)21(31)32)28-15(2)17-7-5-16(9-23)6-8-17/h5-8,11-12,14-15H,10,13H2,1-4H3,(H,31,32)(H2,24,25,26)(H2,28,29,33). The Kier molecular flexibility index (Phi) is 7.87. The van der Waals surface area contributed by atoms with E-state index in [1.165, 1.54) is 20.2 Å². The number of hydrogen-bond acceptors (Lipinski definition) is 8. The van der Waals surface area contributed by atoms with Crippen LogP contribution in [0.15, 0.2) is 36.9 Å². The molecule has 12 nitrogen and oxygen atoms in total. The van der Waals surface area contributed by atoms with Gasteiger partial charge in [0.2, 0.25) is 7.44 Å². The highest BCUT2D eigenvalue weighted by Crippen LogP contribution is 2.42. The number of aromatic nitrogens is 4. The molecule has 0 fully saturated rings. The number of rotatable bonds is 11. The molecule has 35 heavy (non-hydrogen) atoms. The lowest BCUT2D eigenvalue weighted by Crippen LogP contribution is -2.47. The average molecular weight is 501 g/mol. The summed E-state index contributed by atoms with van der Waals surface area (Å²) in [6.07, 6.45) is 2.24. The van der Waals surface area contributed by atoms with E-state index in [1.807, 2.05) is 0 Å². The van der Waals surface area contributed by atoms with Gasteiger partial charge in [-0.05, 0) is 45.4 Å². The number of nitriles is 1. The van der Waals surface area contributed by atoms with Crippen LogP contribution in [0.1, 0.15) is 44.9 Å². The van der Waals surface area contributed by atoms with E-state index in [2.05, 4.69) is 31.2 Å². The van der Waals surface area contributed by atoms with Crippen LogP contribution in [0.3, 0.4) is 0 Å². The number of aliphatic carboxylic acids is 1. The summed E-state index contributed by atoms with van der Waals surface area (Å²) in [5, 5.41) is 24.4. The molecule has 0 radical (unpaired) electrons. The van der Waals surface area contributed by atoms with Crippen LogP contribution in [0, 0.1) is 11.3 Å². The zero-order chi connectivity index (χ0) is 25.8. The minimum absolute atomic E-state index is 0.269. The summed E-state index contributed by atoms with van der Waals surface area (Å²) in [6, 6.07) is 8.48. The average Bonchev–Trinajstić information content (AvgIpc) is 3.21. The Balaban J connectivity index is 1.75. The molecule has 0 amide bonds. The molecule has 3 aromatic rings. The number of carbonyl (C=O) groups is 1. The van der Waals surface area contributed by atoms with Crippen molar-refractivity contribution in [3.05, 3.63) is 48.0 Å². The fourth-order valence-electron chi connectivity index (χ4n) is 3.43. The molecule has 0 aliphatic heterocycles. The number of nitrogens with zero attached hydrogens (tertiary/aromatic N) is 5. The van der Waals surface area contributed by atoms with E-state index >= 15 is 0 Å². The SMILES string of the molecule is CC(Cn1cnc2c(N)ncnc21)OCP(=O)(NC(C)c1ccc(C#N)cc1)NC(C)(C)C(=O)O. The summed E-state index contributed by atoms with van der Waals surface area (Å²) in [6.45, 7) is 6.81. The van der Waals surface area contributed by atoms with Crippen LogP contribution in [0.4, 0.5) is 5.82 Å². The number of nitrogens with one attached hydrogen (secondary N) is 2. The molecule has 1 aromatic carbocycles. The normalized spacial score (nSPS) is 15.3. The summed E-state index contributed by atoms with van der Waals surface area (Å²) in [5.74, 6) is -0.881. The number of imidazole rings is 1. The predicted molar refractivity (Wildman–Crippen MR) is 130 cm³/mol. The van der Waals surface area contributed by atoms with Gasteiger partial charge in [0.1, 0.15) is 23.7 Å². The van der Waals surface area contributed by atoms with Gasteiger partial charge in [0.05, 0.1) is 30.6 Å². The van der Waals surface area contributed by atoms with Crippen molar-refractivity contribution in [2.45, 2.75) is 51.9 Å². The maximum Gasteiger partial charge on any atom is 0.323 e. The first-order chi connectivity index (χ1) is 16.4. The van der Waals surface area contributed by atoms with Crippen molar-refractivity contribution >= 4 is 30.4 Å². The molecule has 3 unspecified atom stereocenters. The fraction of sp³-hybridized carbons (Fsp3) is 0.409. The molecule has 0 saturated carbocycles. The molecule has 3 rings (SSSR count). The van der Waals surface area contributed by atoms with E-state index in [9.17, 15) is 14.5 Å². The van der Waals surface area contributed by atoms with Crippen LogP contribution in [0.2, 0.25) is 0 Å². The summed E-state index contributed by atoms with van der Waals surface area (Å²) in [5.41, 5.74) is 6.68. The van der Waals surface area contributed by atoms with Crippen LogP contribution in [-0.4, -0.2) is 48.6 Å². The fourth-order valence-corrected chi connectivity index (χ4v) is 5.87. The number of nitrogen functional groups attached to an aromatic ring is 1. The van der Waals surface area contributed by atoms with Gasteiger partial charge in [-0.3, -0.25) is 9.36 Å². The highest BCUT2D eigenvalue weighted by Gasteiger charge is 2.37. The molecule has 5 N–H and O–H groups in total. The van der Waals surface area contributed by atoms with Crippen molar-refractivity contribution in [2.75, 3.05) is 12.1 Å². The van der Waals surface area contributed by atoms with Crippen molar-refractivity contribution in [1.82, 2.24) is 29.7 Å². The number of fused-ring (bicyclic) bond motifs is 1. The van der Waals surface area contributed by atoms with Crippen molar-refractivity contribution in [3.8, 4) is 6.07 Å². The first-order valence-corrected chi connectivity index (χ1v) is 12.8. The van der Waals surface area contributed by atoms with Crippen LogP contribution < -0.4 is 15.9 Å². The van der Waals surface area contributed by atoms with Crippen molar-refractivity contribution < 1.29 is 19.2 Å². The van der Waals surface area contributed by atoms with Gasteiger partial charge < -0.3 is 20.1 Å². The number of carboxylic acids is 1. The lowest BCUT2D eigenvalue weighted by molar-refractivity contribution is -0.142. The van der Waals surface area contributed by atoms with E-state index in [1.54, 1.807) is 49.0 Å². The smallest absolute Gasteiger partial charge is 0.323 e. The largest absolute Gasteiger partial charge is 0.480 e. The van der Waals surface area contributed by atoms with Gasteiger partial charge in [0.25, 0.3) is 0 Å². The second-order valence-corrected chi connectivity index (χ2v) is 11.0. The summed E-state index contributed by atoms with van der Waals surface area (Å²) in [4.78, 5) is 24.1. The lowest BCUT2D eigenvalue weighted by Gasteiger charge is -2.32. The van der Waals surface area contributed by atoms with Gasteiger partial charge in [-0.25, -0.2) is 25.1 Å². The topological polar surface area (TPSA) is 181 Å². The Morgan fingerprint density at radius 1 is 1.29 bits per heavy atom. The second-order valence-electron chi connectivity index (χ2n) is 8.80.